The fourth-order valence-corrected chi connectivity index (χ4v) is 3.21. The van der Waals surface area contributed by atoms with Crippen LogP contribution < -0.4 is 9.64 Å². The number of carbonyl (C=O) groups excluding carboxylic acids is 1. The van der Waals surface area contributed by atoms with E-state index in [-0.39, 0.29) is 5.91 Å². The second-order valence-corrected chi connectivity index (χ2v) is 6.62. The van der Waals surface area contributed by atoms with Crippen LogP contribution in [-0.2, 0) is 4.79 Å². The maximum Gasteiger partial charge on any atom is 0.263 e. The van der Waals surface area contributed by atoms with Gasteiger partial charge in [0.15, 0.2) is 6.10 Å². The van der Waals surface area contributed by atoms with E-state index < -0.39 is 6.10 Å². The van der Waals surface area contributed by atoms with Gasteiger partial charge in [-0.3, -0.25) is 9.78 Å². The van der Waals surface area contributed by atoms with Gasteiger partial charge in [-0.1, -0.05) is 11.6 Å². The summed E-state index contributed by atoms with van der Waals surface area (Å²) in [5.74, 6) is 0.712. The van der Waals surface area contributed by atoms with Gasteiger partial charge in [0, 0.05) is 49.3 Å². The zero-order chi connectivity index (χ0) is 17.8. The van der Waals surface area contributed by atoms with Gasteiger partial charge in [-0.25, -0.2) is 0 Å². The average molecular weight is 360 g/mol. The molecule has 1 atom stereocenters. The highest BCUT2D eigenvalue weighted by Crippen LogP contribution is 2.23. The molecule has 2 aromatic rings. The van der Waals surface area contributed by atoms with Crippen molar-refractivity contribution >= 4 is 23.2 Å². The summed E-state index contributed by atoms with van der Waals surface area (Å²) in [7, 11) is 0. The molecule has 1 amide bonds. The van der Waals surface area contributed by atoms with Gasteiger partial charge < -0.3 is 14.5 Å². The fourth-order valence-electron chi connectivity index (χ4n) is 2.98. The van der Waals surface area contributed by atoms with E-state index in [9.17, 15) is 4.79 Å². The van der Waals surface area contributed by atoms with E-state index in [1.54, 1.807) is 25.4 Å². The first-order valence-electron chi connectivity index (χ1n) is 8.41. The Hall–Kier alpha value is -2.27. The standard InChI is InChI=1S/C19H22ClN3O2/c1-14-13-16(20)3-4-18(14)25-15(2)19(24)23-11-9-22(10-12-23)17-5-7-21-8-6-17/h3-8,13,15H,9-12H2,1-2H3. The third-order valence-electron chi connectivity index (χ3n) is 4.41. The van der Waals surface area contributed by atoms with Crippen LogP contribution in [-0.4, -0.2) is 48.1 Å². The van der Waals surface area contributed by atoms with Crippen molar-refractivity contribution in [3.63, 3.8) is 0 Å². The zero-order valence-electron chi connectivity index (χ0n) is 14.5. The topological polar surface area (TPSA) is 45.7 Å². The molecular formula is C19H22ClN3O2. The summed E-state index contributed by atoms with van der Waals surface area (Å²) in [6, 6.07) is 9.40. The molecule has 3 rings (SSSR count). The number of hydrogen-bond acceptors (Lipinski definition) is 4. The SMILES string of the molecule is Cc1cc(Cl)ccc1OC(C)C(=O)N1CCN(c2ccncc2)CC1. The van der Waals surface area contributed by atoms with Crippen molar-refractivity contribution in [1.29, 1.82) is 0 Å². The van der Waals surface area contributed by atoms with E-state index in [2.05, 4.69) is 9.88 Å². The van der Waals surface area contributed by atoms with Crippen LogP contribution in [0.5, 0.6) is 5.75 Å². The molecular weight excluding hydrogens is 338 g/mol. The minimum absolute atomic E-state index is 0.0173. The highest BCUT2D eigenvalue weighted by Gasteiger charge is 2.26. The molecule has 0 aliphatic carbocycles. The number of aryl methyl sites for hydroxylation is 1. The van der Waals surface area contributed by atoms with Crippen LogP contribution in [0.25, 0.3) is 0 Å². The fraction of sp³-hybridized carbons (Fsp3) is 0.368. The molecule has 1 aromatic carbocycles. The highest BCUT2D eigenvalue weighted by molar-refractivity contribution is 6.30. The number of pyridine rings is 1. The smallest absolute Gasteiger partial charge is 0.263 e. The quantitative estimate of drug-likeness (QED) is 0.841. The summed E-state index contributed by atoms with van der Waals surface area (Å²) >= 11 is 5.96. The van der Waals surface area contributed by atoms with Crippen LogP contribution in [0.4, 0.5) is 5.69 Å². The number of nitrogens with zero attached hydrogens (tertiary/aromatic N) is 3. The summed E-state index contributed by atoms with van der Waals surface area (Å²) in [5.41, 5.74) is 2.07. The lowest BCUT2D eigenvalue weighted by atomic mass is 10.2. The number of benzene rings is 1. The molecule has 2 heterocycles. The molecule has 1 unspecified atom stereocenters. The van der Waals surface area contributed by atoms with Gasteiger partial charge in [-0.05, 0) is 49.7 Å². The number of hydrogen-bond donors (Lipinski definition) is 0. The molecule has 132 valence electrons. The Morgan fingerprint density at radius 3 is 2.48 bits per heavy atom. The van der Waals surface area contributed by atoms with Gasteiger partial charge in [0.25, 0.3) is 5.91 Å². The van der Waals surface area contributed by atoms with Crippen molar-refractivity contribution in [3.8, 4) is 5.75 Å². The zero-order valence-corrected chi connectivity index (χ0v) is 15.2. The first kappa shape index (κ1) is 17.5. The predicted molar refractivity (Wildman–Crippen MR) is 99.3 cm³/mol. The van der Waals surface area contributed by atoms with Crippen LogP contribution in [0.1, 0.15) is 12.5 Å². The van der Waals surface area contributed by atoms with Crippen molar-refractivity contribution in [2.75, 3.05) is 31.1 Å². The molecule has 1 saturated heterocycles. The van der Waals surface area contributed by atoms with Crippen molar-refractivity contribution in [3.05, 3.63) is 53.3 Å². The molecule has 0 radical (unpaired) electrons. The number of aromatic nitrogens is 1. The Bertz CT molecular complexity index is 731. The Balaban J connectivity index is 1.56. The predicted octanol–water partition coefficient (Wildman–Crippen LogP) is 3.16. The molecule has 6 heteroatoms. The minimum Gasteiger partial charge on any atom is -0.481 e. The van der Waals surface area contributed by atoms with Gasteiger partial charge >= 0.3 is 0 Å². The lowest BCUT2D eigenvalue weighted by Crippen LogP contribution is -2.52. The van der Waals surface area contributed by atoms with Crippen molar-refractivity contribution < 1.29 is 9.53 Å². The lowest BCUT2D eigenvalue weighted by Gasteiger charge is -2.37. The Kier molecular flexibility index (Phi) is 5.43. The molecule has 0 bridgehead atoms. The molecule has 1 fully saturated rings. The second-order valence-electron chi connectivity index (χ2n) is 6.19. The van der Waals surface area contributed by atoms with E-state index in [1.165, 1.54) is 0 Å². The van der Waals surface area contributed by atoms with E-state index in [0.29, 0.717) is 23.9 Å². The van der Waals surface area contributed by atoms with Gasteiger partial charge in [-0.2, -0.15) is 0 Å². The molecule has 1 aromatic heterocycles. The van der Waals surface area contributed by atoms with Crippen molar-refractivity contribution in [2.24, 2.45) is 0 Å². The number of ether oxygens (including phenoxy) is 1. The Labute approximate surface area is 153 Å². The minimum atomic E-state index is -0.521. The number of halogens is 1. The number of amides is 1. The van der Waals surface area contributed by atoms with E-state index >= 15 is 0 Å². The molecule has 25 heavy (non-hydrogen) atoms. The lowest BCUT2D eigenvalue weighted by molar-refractivity contribution is -0.138. The van der Waals surface area contributed by atoms with E-state index in [0.717, 1.165) is 24.3 Å². The monoisotopic (exact) mass is 359 g/mol. The number of anilines is 1. The van der Waals surface area contributed by atoms with Crippen LogP contribution in [0.15, 0.2) is 42.7 Å². The molecule has 0 N–H and O–H groups in total. The van der Waals surface area contributed by atoms with Gasteiger partial charge in [0.1, 0.15) is 5.75 Å². The average Bonchev–Trinajstić information content (AvgIpc) is 2.64. The summed E-state index contributed by atoms with van der Waals surface area (Å²) in [6.45, 7) is 6.71. The van der Waals surface area contributed by atoms with Crippen LogP contribution in [0, 0.1) is 6.92 Å². The Morgan fingerprint density at radius 1 is 1.16 bits per heavy atom. The Morgan fingerprint density at radius 2 is 1.84 bits per heavy atom. The molecule has 1 aliphatic rings. The first-order chi connectivity index (χ1) is 12.0. The summed E-state index contributed by atoms with van der Waals surface area (Å²) in [4.78, 5) is 20.8. The van der Waals surface area contributed by atoms with E-state index in [1.807, 2.05) is 36.1 Å². The van der Waals surface area contributed by atoms with Gasteiger partial charge in [-0.15, -0.1) is 0 Å². The maximum absolute atomic E-state index is 12.7. The third kappa shape index (κ3) is 4.23. The summed E-state index contributed by atoms with van der Waals surface area (Å²) in [5, 5.41) is 0.663. The van der Waals surface area contributed by atoms with Crippen molar-refractivity contribution in [2.45, 2.75) is 20.0 Å². The molecule has 1 aliphatic heterocycles. The third-order valence-corrected chi connectivity index (χ3v) is 4.64. The molecule has 0 spiro atoms. The number of piperazine rings is 1. The summed E-state index contributed by atoms with van der Waals surface area (Å²) in [6.07, 6.45) is 3.06. The van der Waals surface area contributed by atoms with E-state index in [4.69, 9.17) is 16.3 Å². The normalized spacial score (nSPS) is 15.8. The van der Waals surface area contributed by atoms with Gasteiger partial charge in [0.05, 0.1) is 0 Å². The number of carbonyl (C=O) groups is 1. The van der Waals surface area contributed by atoms with Crippen molar-refractivity contribution in [1.82, 2.24) is 9.88 Å². The second kappa shape index (κ2) is 7.74. The van der Waals surface area contributed by atoms with Gasteiger partial charge in [0.2, 0.25) is 0 Å². The van der Waals surface area contributed by atoms with Crippen LogP contribution >= 0.6 is 11.6 Å². The molecule has 5 nitrogen and oxygen atoms in total. The maximum atomic E-state index is 12.7. The van der Waals surface area contributed by atoms with Crippen LogP contribution in [0.3, 0.4) is 0 Å². The highest BCUT2D eigenvalue weighted by atomic mass is 35.5. The molecule has 0 saturated carbocycles. The first-order valence-corrected chi connectivity index (χ1v) is 8.79. The van der Waals surface area contributed by atoms with Crippen LogP contribution in [0.2, 0.25) is 5.02 Å². The number of rotatable bonds is 4. The largest absolute Gasteiger partial charge is 0.481 e. The summed E-state index contributed by atoms with van der Waals surface area (Å²) < 4.78 is 5.85.